The fraction of sp³-hybridized carbons (Fsp3) is 0.238. The molecule has 1 aromatic heterocycles. The van der Waals surface area contributed by atoms with E-state index >= 15 is 0 Å². The number of benzene rings is 2. The number of carbonyl (C=O) groups excluding carboxylic acids is 2. The number of nitrogens with zero attached hydrogens (tertiary/aromatic N) is 4. The van der Waals surface area contributed by atoms with Crippen LogP contribution < -0.4 is 10.2 Å². The average molecular weight is 410 g/mol. The molecule has 3 aromatic rings. The van der Waals surface area contributed by atoms with Gasteiger partial charge in [-0.2, -0.15) is 0 Å². The van der Waals surface area contributed by atoms with E-state index in [1.165, 1.54) is 18.7 Å². The Balaban J connectivity index is 1.71. The second-order valence-corrected chi connectivity index (χ2v) is 7.33. The summed E-state index contributed by atoms with van der Waals surface area (Å²) in [7, 11) is 1.77. The zero-order chi connectivity index (χ0) is 20.8. The largest absolute Gasteiger partial charge is 0.326 e. The molecular formula is C21H23N5O2S. The molecule has 1 N–H and O–H groups in total. The predicted molar refractivity (Wildman–Crippen MR) is 116 cm³/mol. The highest BCUT2D eigenvalue weighted by molar-refractivity contribution is 7.99. The van der Waals surface area contributed by atoms with E-state index in [1.807, 2.05) is 66.1 Å². The average Bonchev–Trinajstić information content (AvgIpc) is 3.15. The monoisotopic (exact) mass is 409 g/mol. The summed E-state index contributed by atoms with van der Waals surface area (Å²) in [4.78, 5) is 25.3. The summed E-state index contributed by atoms with van der Waals surface area (Å²) in [6, 6.07) is 17.0. The van der Waals surface area contributed by atoms with Gasteiger partial charge in [-0.05, 0) is 43.3 Å². The highest BCUT2D eigenvalue weighted by Crippen LogP contribution is 2.25. The SMILES string of the molecule is CCn1c(SCC(=O)N(C)c2ccccc2)nnc1-c1ccc(NC(C)=O)cc1. The normalized spacial score (nSPS) is 10.6. The van der Waals surface area contributed by atoms with Gasteiger partial charge in [0.25, 0.3) is 0 Å². The Morgan fingerprint density at radius 1 is 1.07 bits per heavy atom. The Bertz CT molecular complexity index is 986. The lowest BCUT2D eigenvalue weighted by atomic mass is 10.2. The van der Waals surface area contributed by atoms with Gasteiger partial charge in [-0.3, -0.25) is 9.59 Å². The van der Waals surface area contributed by atoms with E-state index in [0.717, 1.165) is 22.8 Å². The molecule has 7 nitrogen and oxygen atoms in total. The molecule has 1 heterocycles. The van der Waals surface area contributed by atoms with E-state index in [1.54, 1.807) is 11.9 Å². The van der Waals surface area contributed by atoms with Crippen molar-refractivity contribution in [3.05, 3.63) is 54.6 Å². The van der Waals surface area contributed by atoms with Crippen LogP contribution in [0.2, 0.25) is 0 Å². The molecule has 29 heavy (non-hydrogen) atoms. The standard InChI is InChI=1S/C21H23N5O2S/c1-4-26-20(16-10-12-17(13-11-16)22-15(2)27)23-24-21(26)29-14-19(28)25(3)18-8-6-5-7-9-18/h5-13H,4,14H2,1-3H3,(H,22,27). The first-order valence-electron chi connectivity index (χ1n) is 9.25. The lowest BCUT2D eigenvalue weighted by Gasteiger charge is -2.16. The van der Waals surface area contributed by atoms with Crippen LogP contribution in [-0.2, 0) is 16.1 Å². The summed E-state index contributed by atoms with van der Waals surface area (Å²) in [5, 5.41) is 12.0. The molecule has 8 heteroatoms. The number of aromatic nitrogens is 3. The zero-order valence-electron chi connectivity index (χ0n) is 16.6. The maximum atomic E-state index is 12.5. The van der Waals surface area contributed by atoms with Gasteiger partial charge in [0.1, 0.15) is 0 Å². The maximum Gasteiger partial charge on any atom is 0.237 e. The van der Waals surface area contributed by atoms with Gasteiger partial charge in [0.15, 0.2) is 11.0 Å². The summed E-state index contributed by atoms with van der Waals surface area (Å²) in [6.45, 7) is 4.17. The van der Waals surface area contributed by atoms with Crippen molar-refractivity contribution >= 4 is 35.0 Å². The Hall–Kier alpha value is -3.13. The molecule has 2 aromatic carbocycles. The van der Waals surface area contributed by atoms with Crippen molar-refractivity contribution in [2.24, 2.45) is 0 Å². The van der Waals surface area contributed by atoms with Gasteiger partial charge in [0.05, 0.1) is 5.75 Å². The third-order valence-corrected chi connectivity index (χ3v) is 5.29. The summed E-state index contributed by atoms with van der Waals surface area (Å²) in [6.07, 6.45) is 0. The molecule has 0 aliphatic rings. The highest BCUT2D eigenvalue weighted by Gasteiger charge is 2.17. The van der Waals surface area contributed by atoms with Crippen molar-refractivity contribution in [3.8, 4) is 11.4 Å². The molecule has 0 bridgehead atoms. The number of hydrogen-bond donors (Lipinski definition) is 1. The molecule has 0 unspecified atom stereocenters. The van der Waals surface area contributed by atoms with E-state index < -0.39 is 0 Å². The number of rotatable bonds is 7. The van der Waals surface area contributed by atoms with Gasteiger partial charge in [-0.15, -0.1) is 10.2 Å². The number of thioether (sulfide) groups is 1. The van der Waals surface area contributed by atoms with E-state index in [0.29, 0.717) is 11.7 Å². The number of carbonyl (C=O) groups is 2. The lowest BCUT2D eigenvalue weighted by molar-refractivity contribution is -0.116. The van der Waals surface area contributed by atoms with Gasteiger partial charge in [-0.25, -0.2) is 0 Å². The highest BCUT2D eigenvalue weighted by atomic mass is 32.2. The molecule has 0 aliphatic heterocycles. The van der Waals surface area contributed by atoms with Crippen molar-refractivity contribution < 1.29 is 9.59 Å². The summed E-state index contributed by atoms with van der Waals surface area (Å²) in [5.41, 5.74) is 2.48. The van der Waals surface area contributed by atoms with Gasteiger partial charge in [-0.1, -0.05) is 30.0 Å². The van der Waals surface area contributed by atoms with Crippen LogP contribution >= 0.6 is 11.8 Å². The van der Waals surface area contributed by atoms with Gasteiger partial charge in [0.2, 0.25) is 11.8 Å². The summed E-state index contributed by atoms with van der Waals surface area (Å²) >= 11 is 1.37. The second kappa shape index (κ2) is 9.38. The van der Waals surface area contributed by atoms with Crippen molar-refractivity contribution in [3.63, 3.8) is 0 Å². The molecule has 0 radical (unpaired) electrons. The number of anilines is 2. The fourth-order valence-corrected chi connectivity index (χ4v) is 3.73. The molecule has 0 atom stereocenters. The third kappa shape index (κ3) is 5.03. The Labute approximate surface area is 174 Å². The van der Waals surface area contributed by atoms with Crippen LogP contribution in [0.3, 0.4) is 0 Å². The minimum absolute atomic E-state index is 0.00642. The molecule has 3 rings (SSSR count). The van der Waals surface area contributed by atoms with Crippen LogP contribution in [0.15, 0.2) is 59.8 Å². The minimum atomic E-state index is -0.113. The number of amides is 2. The molecule has 0 aliphatic carbocycles. The predicted octanol–water partition coefficient (Wildman–Crippen LogP) is 3.68. The van der Waals surface area contributed by atoms with Crippen LogP contribution in [0.1, 0.15) is 13.8 Å². The first kappa shape index (κ1) is 20.6. The fourth-order valence-electron chi connectivity index (χ4n) is 2.82. The Morgan fingerprint density at radius 2 is 1.76 bits per heavy atom. The van der Waals surface area contributed by atoms with Gasteiger partial charge in [0, 0.05) is 37.5 Å². The molecule has 0 saturated heterocycles. The van der Waals surface area contributed by atoms with Crippen molar-refractivity contribution in [1.29, 1.82) is 0 Å². The molecule has 0 saturated carbocycles. The quantitative estimate of drug-likeness (QED) is 0.602. The topological polar surface area (TPSA) is 80.1 Å². The van der Waals surface area contributed by atoms with Crippen LogP contribution in [0.25, 0.3) is 11.4 Å². The summed E-state index contributed by atoms with van der Waals surface area (Å²) in [5.74, 6) is 0.880. The maximum absolute atomic E-state index is 12.5. The summed E-state index contributed by atoms with van der Waals surface area (Å²) < 4.78 is 1.98. The molecule has 0 fully saturated rings. The first-order valence-corrected chi connectivity index (χ1v) is 10.2. The Morgan fingerprint density at radius 3 is 2.38 bits per heavy atom. The van der Waals surface area contributed by atoms with Crippen molar-refractivity contribution in [2.45, 2.75) is 25.5 Å². The minimum Gasteiger partial charge on any atom is -0.326 e. The van der Waals surface area contributed by atoms with E-state index in [9.17, 15) is 9.59 Å². The Kier molecular flexibility index (Phi) is 6.66. The number of hydrogen-bond acceptors (Lipinski definition) is 5. The van der Waals surface area contributed by atoms with Gasteiger partial charge >= 0.3 is 0 Å². The van der Waals surface area contributed by atoms with Crippen molar-refractivity contribution in [1.82, 2.24) is 14.8 Å². The molecule has 150 valence electrons. The third-order valence-electron chi connectivity index (χ3n) is 4.34. The first-order chi connectivity index (χ1) is 14.0. The number of para-hydroxylation sites is 1. The van der Waals surface area contributed by atoms with Crippen LogP contribution in [0.4, 0.5) is 11.4 Å². The smallest absolute Gasteiger partial charge is 0.237 e. The van der Waals surface area contributed by atoms with E-state index in [2.05, 4.69) is 15.5 Å². The second-order valence-electron chi connectivity index (χ2n) is 6.39. The van der Waals surface area contributed by atoms with Gasteiger partial charge < -0.3 is 14.8 Å². The van der Waals surface area contributed by atoms with Crippen molar-refractivity contribution in [2.75, 3.05) is 23.0 Å². The lowest BCUT2D eigenvalue weighted by Crippen LogP contribution is -2.27. The van der Waals surface area contributed by atoms with E-state index in [-0.39, 0.29) is 17.6 Å². The van der Waals surface area contributed by atoms with E-state index in [4.69, 9.17) is 0 Å². The number of nitrogens with one attached hydrogen (secondary N) is 1. The molecule has 0 spiro atoms. The van der Waals surface area contributed by atoms with Crippen LogP contribution in [-0.4, -0.2) is 39.4 Å². The zero-order valence-corrected chi connectivity index (χ0v) is 17.4. The van der Waals surface area contributed by atoms with Crippen LogP contribution in [0, 0.1) is 0 Å². The molecular weight excluding hydrogens is 386 g/mol. The van der Waals surface area contributed by atoms with Crippen LogP contribution in [0.5, 0.6) is 0 Å². The molecule has 2 amide bonds.